The van der Waals surface area contributed by atoms with E-state index in [1.807, 2.05) is 71.0 Å². The number of anilines is 1. The average Bonchev–Trinajstić information content (AvgIpc) is 2.83. The molecule has 9 heteroatoms. The molecule has 8 nitrogen and oxygen atoms in total. The molecule has 0 aliphatic rings. The van der Waals surface area contributed by atoms with E-state index >= 15 is 0 Å². The summed E-state index contributed by atoms with van der Waals surface area (Å²) in [6.45, 7) is 9.76. The monoisotopic (exact) mass is 516 g/mol. The molecule has 0 aromatic heterocycles. The molecule has 0 bridgehead atoms. The third-order valence-corrected chi connectivity index (χ3v) is 7.87. The third kappa shape index (κ3) is 7.30. The highest BCUT2D eigenvalue weighted by atomic mass is 32.2. The number of benzene rings is 2. The minimum absolute atomic E-state index is 0.194. The highest BCUT2D eigenvalue weighted by Crippen LogP contribution is 2.26. The lowest BCUT2D eigenvalue weighted by atomic mass is 10.1. The van der Waals surface area contributed by atoms with E-state index in [4.69, 9.17) is 0 Å². The predicted molar refractivity (Wildman–Crippen MR) is 145 cm³/mol. The van der Waals surface area contributed by atoms with Crippen LogP contribution in [-0.2, 0) is 26.3 Å². The minimum Gasteiger partial charge on any atom is -0.354 e. The molecule has 2 aromatic rings. The van der Waals surface area contributed by atoms with Crippen molar-refractivity contribution in [3.05, 3.63) is 64.7 Å². The summed E-state index contributed by atoms with van der Waals surface area (Å²) < 4.78 is 29.0. The van der Waals surface area contributed by atoms with Crippen LogP contribution in [0.1, 0.15) is 48.9 Å². The summed E-state index contributed by atoms with van der Waals surface area (Å²) in [6, 6.07) is 12.5. The number of carbonyl (C=O) groups is 2. The molecule has 0 saturated heterocycles. The van der Waals surface area contributed by atoms with Gasteiger partial charge in [-0.2, -0.15) is 12.7 Å². The van der Waals surface area contributed by atoms with Gasteiger partial charge in [-0.25, -0.2) is 4.31 Å². The van der Waals surface area contributed by atoms with Crippen LogP contribution < -0.4 is 9.62 Å². The number of nitrogens with one attached hydrogen (secondary N) is 1. The second-order valence-corrected chi connectivity index (χ2v) is 11.4. The van der Waals surface area contributed by atoms with Crippen molar-refractivity contribution in [1.82, 2.24) is 14.5 Å². The van der Waals surface area contributed by atoms with E-state index in [0.29, 0.717) is 18.7 Å². The molecular weight excluding hydrogens is 476 g/mol. The fourth-order valence-corrected chi connectivity index (χ4v) is 4.98. The zero-order chi connectivity index (χ0) is 27.0. The Bertz CT molecular complexity index is 1150. The van der Waals surface area contributed by atoms with Gasteiger partial charge in [0.25, 0.3) is 0 Å². The van der Waals surface area contributed by atoms with Gasteiger partial charge in [0.2, 0.25) is 11.8 Å². The van der Waals surface area contributed by atoms with Crippen molar-refractivity contribution in [2.75, 3.05) is 31.5 Å². The van der Waals surface area contributed by atoms with E-state index in [-0.39, 0.29) is 12.5 Å². The van der Waals surface area contributed by atoms with E-state index in [2.05, 4.69) is 5.32 Å². The number of aryl methyl sites for hydroxylation is 3. The Balaban J connectivity index is 2.53. The van der Waals surface area contributed by atoms with Gasteiger partial charge in [-0.3, -0.25) is 9.59 Å². The fraction of sp³-hybridized carbons (Fsp3) is 0.481. The highest BCUT2D eigenvalue weighted by Gasteiger charge is 2.34. The van der Waals surface area contributed by atoms with Gasteiger partial charge in [-0.1, -0.05) is 55.8 Å². The summed E-state index contributed by atoms with van der Waals surface area (Å²) >= 11 is 0. The van der Waals surface area contributed by atoms with E-state index < -0.39 is 28.7 Å². The van der Waals surface area contributed by atoms with Crippen molar-refractivity contribution in [1.29, 1.82) is 0 Å². The van der Waals surface area contributed by atoms with Crippen molar-refractivity contribution < 1.29 is 18.0 Å². The second kappa shape index (κ2) is 12.9. The van der Waals surface area contributed by atoms with Gasteiger partial charge in [-0.15, -0.1) is 0 Å². The summed E-state index contributed by atoms with van der Waals surface area (Å²) in [6.07, 6.45) is 1.17. The maximum absolute atomic E-state index is 13.9. The quantitative estimate of drug-likeness (QED) is 0.467. The maximum atomic E-state index is 13.9. The first kappa shape index (κ1) is 29.3. The number of nitrogens with zero attached hydrogens (tertiary/aromatic N) is 3. The lowest BCUT2D eigenvalue weighted by Crippen LogP contribution is -2.53. The van der Waals surface area contributed by atoms with Crippen LogP contribution >= 0.6 is 0 Å². The standard InChI is InChI=1S/C27H40N4O4S/c1-8-16-28-27(33)24(9-2)30(18-23-14-11-20(3)12-15-23)26(32)19-31(36(34,35)29(6)7)25-17-21(4)10-13-22(25)5/h10-15,17,24H,8-9,16,18-19H2,1-7H3,(H,28,33)/t24-/m1/s1. The SMILES string of the molecule is CCCNC(=O)[C@@H](CC)N(Cc1ccc(C)cc1)C(=O)CN(c1cc(C)ccc1C)S(=O)(=O)N(C)C. The summed E-state index contributed by atoms with van der Waals surface area (Å²) in [4.78, 5) is 28.4. The summed E-state index contributed by atoms with van der Waals surface area (Å²) in [5.41, 5.74) is 4.00. The van der Waals surface area contributed by atoms with Gasteiger partial charge < -0.3 is 10.2 Å². The highest BCUT2D eigenvalue weighted by molar-refractivity contribution is 7.90. The van der Waals surface area contributed by atoms with E-state index in [9.17, 15) is 18.0 Å². The molecule has 0 heterocycles. The van der Waals surface area contributed by atoms with Crippen LogP contribution in [0, 0.1) is 20.8 Å². The summed E-state index contributed by atoms with van der Waals surface area (Å²) in [5.74, 6) is -0.686. The Hall–Kier alpha value is -2.91. The third-order valence-electron chi connectivity index (χ3n) is 6.06. The van der Waals surface area contributed by atoms with Gasteiger partial charge in [-0.05, 0) is 56.4 Å². The van der Waals surface area contributed by atoms with Crippen molar-refractivity contribution in [2.24, 2.45) is 0 Å². The van der Waals surface area contributed by atoms with E-state index in [1.165, 1.54) is 19.0 Å². The Kier molecular flexibility index (Phi) is 10.5. The molecule has 0 radical (unpaired) electrons. The average molecular weight is 517 g/mol. The molecule has 0 spiro atoms. The first-order chi connectivity index (χ1) is 16.9. The number of amides is 2. The maximum Gasteiger partial charge on any atom is 0.304 e. The lowest BCUT2D eigenvalue weighted by molar-refractivity contribution is -0.140. The van der Waals surface area contributed by atoms with Gasteiger partial charge in [0.05, 0.1) is 5.69 Å². The van der Waals surface area contributed by atoms with Crippen LogP contribution in [0.15, 0.2) is 42.5 Å². The molecule has 0 fully saturated rings. The van der Waals surface area contributed by atoms with Crippen molar-refractivity contribution >= 4 is 27.7 Å². The van der Waals surface area contributed by atoms with Crippen LogP contribution in [0.5, 0.6) is 0 Å². The molecule has 0 unspecified atom stereocenters. The topological polar surface area (TPSA) is 90.0 Å². The first-order valence-corrected chi connectivity index (χ1v) is 13.7. The second-order valence-electron chi connectivity index (χ2n) is 9.31. The number of hydrogen-bond acceptors (Lipinski definition) is 4. The number of rotatable bonds is 12. The number of hydrogen-bond donors (Lipinski definition) is 1. The van der Waals surface area contributed by atoms with E-state index in [1.54, 1.807) is 6.07 Å². The van der Waals surface area contributed by atoms with Gasteiger partial charge >= 0.3 is 10.2 Å². The van der Waals surface area contributed by atoms with E-state index in [0.717, 1.165) is 37.3 Å². The molecule has 198 valence electrons. The van der Waals surface area contributed by atoms with Crippen molar-refractivity contribution in [3.63, 3.8) is 0 Å². The lowest BCUT2D eigenvalue weighted by Gasteiger charge is -2.34. The molecule has 2 amide bonds. The zero-order valence-electron chi connectivity index (χ0n) is 22.5. The summed E-state index contributed by atoms with van der Waals surface area (Å²) in [7, 11) is -1.11. The smallest absolute Gasteiger partial charge is 0.304 e. The normalized spacial score (nSPS) is 12.3. The van der Waals surface area contributed by atoms with Crippen LogP contribution in [0.3, 0.4) is 0 Å². The summed E-state index contributed by atoms with van der Waals surface area (Å²) in [5, 5.41) is 2.89. The van der Waals surface area contributed by atoms with Gasteiger partial charge in [0, 0.05) is 27.2 Å². The fourth-order valence-electron chi connectivity index (χ4n) is 3.87. The number of carbonyl (C=O) groups excluding carboxylic acids is 2. The zero-order valence-corrected chi connectivity index (χ0v) is 23.4. The first-order valence-electron chi connectivity index (χ1n) is 12.3. The molecular formula is C27H40N4O4S. The van der Waals surface area contributed by atoms with Crippen LogP contribution in [0.4, 0.5) is 5.69 Å². The minimum atomic E-state index is -3.99. The Morgan fingerprint density at radius 3 is 2.11 bits per heavy atom. The molecule has 1 N–H and O–H groups in total. The molecule has 0 aliphatic carbocycles. The van der Waals surface area contributed by atoms with Crippen molar-refractivity contribution in [3.8, 4) is 0 Å². The Labute approximate surface area is 216 Å². The largest absolute Gasteiger partial charge is 0.354 e. The Morgan fingerprint density at radius 1 is 0.944 bits per heavy atom. The molecule has 1 atom stereocenters. The molecule has 0 aliphatic heterocycles. The molecule has 2 aromatic carbocycles. The Morgan fingerprint density at radius 2 is 1.56 bits per heavy atom. The van der Waals surface area contributed by atoms with Crippen LogP contribution in [0.2, 0.25) is 0 Å². The molecule has 36 heavy (non-hydrogen) atoms. The molecule has 2 rings (SSSR count). The van der Waals surface area contributed by atoms with Gasteiger partial charge in [0.15, 0.2) is 0 Å². The predicted octanol–water partition coefficient (Wildman–Crippen LogP) is 3.56. The van der Waals surface area contributed by atoms with Crippen LogP contribution in [-0.4, -0.2) is 62.7 Å². The van der Waals surface area contributed by atoms with Crippen LogP contribution in [0.25, 0.3) is 0 Å². The molecule has 0 saturated carbocycles. The van der Waals surface area contributed by atoms with Crippen molar-refractivity contribution in [2.45, 2.75) is 60.0 Å². The van der Waals surface area contributed by atoms with Gasteiger partial charge in [0.1, 0.15) is 12.6 Å².